The highest BCUT2D eigenvalue weighted by Crippen LogP contribution is 2.29. The van der Waals surface area contributed by atoms with Gasteiger partial charge in [0, 0.05) is 25.7 Å². The average molecular weight is 369 g/mol. The summed E-state index contributed by atoms with van der Waals surface area (Å²) in [7, 11) is -3.46. The maximum Gasteiger partial charge on any atom is 0.246 e. The first-order valence-corrected chi connectivity index (χ1v) is 11.0. The first-order chi connectivity index (χ1) is 11.8. The number of piperidine rings is 1. The molecular weight excluding hydrogens is 336 g/mol. The fraction of sp³-hybridized carbons (Fsp3) is 0.833. The van der Waals surface area contributed by atoms with Crippen LogP contribution in [0.2, 0.25) is 0 Å². The van der Waals surface area contributed by atoms with Gasteiger partial charge in [0.1, 0.15) is 4.90 Å². The minimum absolute atomic E-state index is 0.414. The number of aromatic nitrogens is 2. The van der Waals surface area contributed by atoms with Crippen molar-refractivity contribution in [3.63, 3.8) is 0 Å². The highest BCUT2D eigenvalue weighted by Gasteiger charge is 2.34. The monoisotopic (exact) mass is 368 g/mol. The van der Waals surface area contributed by atoms with Crippen molar-refractivity contribution in [3.8, 4) is 0 Å². The van der Waals surface area contributed by atoms with Crippen molar-refractivity contribution < 1.29 is 8.42 Å². The van der Waals surface area contributed by atoms with Crippen LogP contribution >= 0.6 is 0 Å². The Morgan fingerprint density at radius 3 is 2.36 bits per heavy atom. The Bertz CT molecular complexity index is 699. The minimum Gasteiger partial charge on any atom is -0.314 e. The lowest BCUT2D eigenvalue weighted by molar-refractivity contribution is 0.287. The van der Waals surface area contributed by atoms with Gasteiger partial charge in [0.25, 0.3) is 0 Å². The molecule has 2 fully saturated rings. The predicted octanol–water partition coefficient (Wildman–Crippen LogP) is 2.31. The molecule has 1 N–H and O–H groups in total. The fourth-order valence-electron chi connectivity index (χ4n) is 3.66. The number of sulfonamides is 1. The molecule has 25 heavy (non-hydrogen) atoms. The second kappa shape index (κ2) is 7.37. The molecule has 1 aromatic heterocycles. The summed E-state index contributed by atoms with van der Waals surface area (Å²) >= 11 is 0. The normalized spacial score (nSPS) is 20.5. The van der Waals surface area contributed by atoms with Crippen molar-refractivity contribution in [2.24, 2.45) is 11.8 Å². The van der Waals surface area contributed by atoms with Crippen molar-refractivity contribution in [3.05, 3.63) is 11.4 Å². The molecule has 0 aromatic carbocycles. The van der Waals surface area contributed by atoms with E-state index in [-0.39, 0.29) is 0 Å². The summed E-state index contributed by atoms with van der Waals surface area (Å²) < 4.78 is 29.8. The second-order valence-electron chi connectivity index (χ2n) is 8.11. The van der Waals surface area contributed by atoms with E-state index in [1.165, 1.54) is 12.8 Å². The average Bonchev–Trinajstić information content (AvgIpc) is 3.32. The first kappa shape index (κ1) is 18.9. The number of rotatable bonds is 7. The molecule has 7 heteroatoms. The van der Waals surface area contributed by atoms with Gasteiger partial charge in [-0.1, -0.05) is 13.8 Å². The van der Waals surface area contributed by atoms with Gasteiger partial charge in [0.2, 0.25) is 10.0 Å². The van der Waals surface area contributed by atoms with Gasteiger partial charge in [-0.25, -0.2) is 8.42 Å². The van der Waals surface area contributed by atoms with E-state index >= 15 is 0 Å². The minimum atomic E-state index is -3.46. The molecule has 0 bridgehead atoms. The largest absolute Gasteiger partial charge is 0.314 e. The van der Waals surface area contributed by atoms with Crippen LogP contribution in [0.1, 0.15) is 50.9 Å². The zero-order valence-electron chi connectivity index (χ0n) is 16.0. The van der Waals surface area contributed by atoms with E-state index in [0.29, 0.717) is 35.6 Å². The van der Waals surface area contributed by atoms with Crippen molar-refractivity contribution in [1.29, 1.82) is 0 Å². The lowest BCUT2D eigenvalue weighted by Gasteiger charge is -2.31. The maximum atomic E-state index is 13.2. The molecule has 142 valence electrons. The zero-order chi connectivity index (χ0) is 18.2. The lowest BCUT2D eigenvalue weighted by atomic mass is 10.1. The molecule has 0 amide bonds. The van der Waals surface area contributed by atoms with E-state index in [1.54, 1.807) is 11.2 Å². The van der Waals surface area contributed by atoms with Gasteiger partial charge >= 0.3 is 0 Å². The van der Waals surface area contributed by atoms with Crippen LogP contribution in [0.4, 0.5) is 0 Å². The number of nitrogens with zero attached hydrogens (tertiary/aromatic N) is 3. The van der Waals surface area contributed by atoms with E-state index in [1.807, 2.05) is 11.6 Å². The van der Waals surface area contributed by atoms with Crippen molar-refractivity contribution >= 4 is 10.0 Å². The summed E-state index contributed by atoms with van der Waals surface area (Å²) in [6.45, 7) is 10.9. The van der Waals surface area contributed by atoms with E-state index in [9.17, 15) is 8.42 Å². The molecule has 6 nitrogen and oxygen atoms in total. The Balaban J connectivity index is 1.68. The molecule has 1 saturated carbocycles. The van der Waals surface area contributed by atoms with Gasteiger partial charge in [0.05, 0.1) is 11.4 Å². The third kappa shape index (κ3) is 4.26. The van der Waals surface area contributed by atoms with Crippen LogP contribution in [0.15, 0.2) is 4.90 Å². The molecule has 0 unspecified atom stereocenters. The van der Waals surface area contributed by atoms with Crippen LogP contribution in [0.25, 0.3) is 0 Å². The lowest BCUT2D eigenvalue weighted by Crippen LogP contribution is -2.45. The number of nitrogens with one attached hydrogen (secondary N) is 1. The summed E-state index contributed by atoms with van der Waals surface area (Å²) in [6.07, 6.45) is 4.48. The fourth-order valence-corrected chi connectivity index (χ4v) is 5.50. The van der Waals surface area contributed by atoms with Crippen molar-refractivity contribution in [1.82, 2.24) is 19.4 Å². The van der Waals surface area contributed by atoms with Gasteiger partial charge < -0.3 is 5.32 Å². The quantitative estimate of drug-likeness (QED) is 0.802. The Kier molecular flexibility index (Phi) is 5.56. The standard InChI is InChI=1S/C18H32N4O2S/c1-13(2)12-22-15(4)18(14(3)20-22)25(23,24)21-9-7-17(8-10-21)19-11-16-5-6-16/h13,16-17,19H,5-12H2,1-4H3. The summed E-state index contributed by atoms with van der Waals surface area (Å²) in [5.41, 5.74) is 1.38. The predicted molar refractivity (Wildman–Crippen MR) is 99.0 cm³/mol. The molecule has 1 aliphatic heterocycles. The molecule has 3 rings (SSSR count). The van der Waals surface area contributed by atoms with Gasteiger partial charge in [-0.3, -0.25) is 4.68 Å². The molecule has 0 atom stereocenters. The summed E-state index contributed by atoms with van der Waals surface area (Å²) in [5, 5.41) is 8.09. The van der Waals surface area contributed by atoms with Crippen LogP contribution < -0.4 is 5.32 Å². The number of hydrogen-bond acceptors (Lipinski definition) is 4. The molecule has 1 aliphatic carbocycles. The summed E-state index contributed by atoms with van der Waals surface area (Å²) in [6, 6.07) is 0.456. The molecule has 2 aliphatic rings. The van der Waals surface area contributed by atoms with E-state index in [2.05, 4.69) is 24.3 Å². The van der Waals surface area contributed by atoms with Gasteiger partial charge in [-0.05, 0) is 57.9 Å². The molecule has 0 spiro atoms. The maximum absolute atomic E-state index is 13.2. The highest BCUT2D eigenvalue weighted by molar-refractivity contribution is 7.89. The van der Waals surface area contributed by atoms with E-state index in [0.717, 1.165) is 37.5 Å². The van der Waals surface area contributed by atoms with Crippen molar-refractivity contribution in [2.45, 2.75) is 70.9 Å². The molecule has 1 aromatic rings. The smallest absolute Gasteiger partial charge is 0.246 e. The topological polar surface area (TPSA) is 67.2 Å². The summed E-state index contributed by atoms with van der Waals surface area (Å²) in [5.74, 6) is 1.29. The van der Waals surface area contributed by atoms with E-state index < -0.39 is 10.0 Å². The van der Waals surface area contributed by atoms with Crippen LogP contribution in [0.5, 0.6) is 0 Å². The molecule has 2 heterocycles. The van der Waals surface area contributed by atoms with Crippen LogP contribution in [0.3, 0.4) is 0 Å². The summed E-state index contributed by atoms with van der Waals surface area (Å²) in [4.78, 5) is 0.414. The van der Waals surface area contributed by atoms with E-state index in [4.69, 9.17) is 0 Å². The first-order valence-electron chi connectivity index (χ1n) is 9.56. The van der Waals surface area contributed by atoms with Crippen LogP contribution in [-0.2, 0) is 16.6 Å². The number of hydrogen-bond donors (Lipinski definition) is 1. The highest BCUT2D eigenvalue weighted by atomic mass is 32.2. The van der Waals surface area contributed by atoms with Gasteiger partial charge in [-0.2, -0.15) is 9.40 Å². The molecular formula is C18H32N4O2S. The SMILES string of the molecule is Cc1nn(CC(C)C)c(C)c1S(=O)(=O)N1CCC(NCC2CC2)CC1. The molecule has 1 saturated heterocycles. The molecule has 0 radical (unpaired) electrons. The third-order valence-corrected chi connectivity index (χ3v) is 7.45. The Hall–Kier alpha value is -0.920. The Morgan fingerprint density at radius 1 is 1.16 bits per heavy atom. The third-order valence-electron chi connectivity index (χ3n) is 5.30. The van der Waals surface area contributed by atoms with Crippen molar-refractivity contribution in [2.75, 3.05) is 19.6 Å². The van der Waals surface area contributed by atoms with Gasteiger partial charge in [0.15, 0.2) is 0 Å². The second-order valence-corrected chi connectivity index (χ2v) is 9.98. The zero-order valence-corrected chi connectivity index (χ0v) is 16.8. The number of aryl methyl sites for hydroxylation is 1. The van der Waals surface area contributed by atoms with Crippen LogP contribution in [-0.4, -0.2) is 48.2 Å². The van der Waals surface area contributed by atoms with Crippen LogP contribution in [0, 0.1) is 25.7 Å². The van der Waals surface area contributed by atoms with Gasteiger partial charge in [-0.15, -0.1) is 0 Å². The Morgan fingerprint density at radius 2 is 1.80 bits per heavy atom. The Labute approximate surface area is 152 Å².